The van der Waals surface area contributed by atoms with E-state index in [0.29, 0.717) is 64.7 Å². The molecule has 3 N–H and O–H groups in total. The standard InChI is InChI=1S/C24H28ClN5O4/c1-32-21-3-2-16-24(29-21)22(15(25)11-27-16)18(31)13-30-6-4-14(5-7-30)23(26)17-10-19-20(12-28-17)34-9-8-33-19/h2-3,10-12,14,18,23,31H,4-9,13,26H2,1H3. The first-order valence-corrected chi connectivity index (χ1v) is 11.8. The Hall–Kier alpha value is -2.72. The number of rotatable bonds is 6. The molecule has 1 saturated heterocycles. The van der Waals surface area contributed by atoms with Gasteiger partial charge in [0.05, 0.1) is 41.7 Å². The summed E-state index contributed by atoms with van der Waals surface area (Å²) < 4.78 is 16.5. The Bertz CT molecular complexity index is 1170. The molecule has 0 amide bonds. The van der Waals surface area contributed by atoms with Crippen molar-refractivity contribution in [2.24, 2.45) is 11.7 Å². The number of methoxy groups -OCH3 is 1. The monoisotopic (exact) mass is 485 g/mol. The highest BCUT2D eigenvalue weighted by atomic mass is 35.5. The maximum Gasteiger partial charge on any atom is 0.213 e. The van der Waals surface area contributed by atoms with E-state index in [-0.39, 0.29) is 6.04 Å². The first-order valence-electron chi connectivity index (χ1n) is 11.4. The van der Waals surface area contributed by atoms with Crippen LogP contribution in [0.5, 0.6) is 17.4 Å². The number of pyridine rings is 3. The van der Waals surface area contributed by atoms with E-state index in [2.05, 4.69) is 19.9 Å². The summed E-state index contributed by atoms with van der Waals surface area (Å²) in [5.74, 6) is 2.12. The molecule has 0 radical (unpaired) electrons. The first kappa shape index (κ1) is 23.0. The van der Waals surface area contributed by atoms with E-state index in [1.54, 1.807) is 25.6 Å². The van der Waals surface area contributed by atoms with Crippen LogP contribution in [0.4, 0.5) is 0 Å². The normalized spacial score (nSPS) is 18.6. The molecule has 5 heterocycles. The second kappa shape index (κ2) is 9.87. The molecule has 0 bridgehead atoms. The fraction of sp³-hybridized carbons (Fsp3) is 0.458. The van der Waals surface area contributed by atoms with Gasteiger partial charge in [-0.15, -0.1) is 0 Å². The molecule has 34 heavy (non-hydrogen) atoms. The van der Waals surface area contributed by atoms with E-state index in [0.717, 1.165) is 31.6 Å². The minimum absolute atomic E-state index is 0.182. The molecule has 2 aliphatic heterocycles. The second-order valence-corrected chi connectivity index (χ2v) is 9.08. The molecule has 0 aliphatic carbocycles. The van der Waals surface area contributed by atoms with Gasteiger partial charge in [-0.1, -0.05) is 11.6 Å². The van der Waals surface area contributed by atoms with Crippen molar-refractivity contribution >= 4 is 22.6 Å². The predicted molar refractivity (Wildman–Crippen MR) is 127 cm³/mol. The molecule has 0 saturated carbocycles. The van der Waals surface area contributed by atoms with Gasteiger partial charge in [0.25, 0.3) is 0 Å². The van der Waals surface area contributed by atoms with Gasteiger partial charge in [0, 0.05) is 30.4 Å². The summed E-state index contributed by atoms with van der Waals surface area (Å²) in [6.45, 7) is 3.15. The van der Waals surface area contributed by atoms with Crippen molar-refractivity contribution in [2.45, 2.75) is 25.0 Å². The molecule has 0 spiro atoms. The Morgan fingerprint density at radius 2 is 1.94 bits per heavy atom. The number of β-amino-alcohol motifs (C(OH)–C–C–N with tert-alkyl or cyclic N) is 1. The largest absolute Gasteiger partial charge is 0.486 e. The maximum atomic E-state index is 11.1. The first-order chi connectivity index (χ1) is 16.5. The van der Waals surface area contributed by atoms with Crippen molar-refractivity contribution in [1.82, 2.24) is 19.9 Å². The lowest BCUT2D eigenvalue weighted by atomic mass is 9.87. The van der Waals surface area contributed by atoms with Crippen LogP contribution in [0.15, 0.2) is 30.6 Å². The van der Waals surface area contributed by atoms with Crippen LogP contribution < -0.4 is 19.9 Å². The van der Waals surface area contributed by atoms with Crippen LogP contribution in [0.3, 0.4) is 0 Å². The Morgan fingerprint density at radius 3 is 2.71 bits per heavy atom. The molecule has 3 aromatic heterocycles. The Morgan fingerprint density at radius 1 is 1.18 bits per heavy atom. The van der Waals surface area contributed by atoms with Gasteiger partial charge < -0.3 is 30.0 Å². The number of ether oxygens (including phenoxy) is 3. The van der Waals surface area contributed by atoms with Crippen molar-refractivity contribution in [3.05, 3.63) is 46.9 Å². The van der Waals surface area contributed by atoms with E-state index in [1.165, 1.54) is 0 Å². The van der Waals surface area contributed by atoms with Crippen LogP contribution in [0, 0.1) is 5.92 Å². The maximum absolute atomic E-state index is 11.1. The van der Waals surface area contributed by atoms with Gasteiger partial charge in [0.1, 0.15) is 18.7 Å². The van der Waals surface area contributed by atoms with E-state index < -0.39 is 6.10 Å². The summed E-state index contributed by atoms with van der Waals surface area (Å²) in [4.78, 5) is 15.5. The van der Waals surface area contributed by atoms with Gasteiger partial charge in [0.2, 0.25) is 5.88 Å². The molecule has 2 unspecified atom stereocenters. The smallest absolute Gasteiger partial charge is 0.213 e. The van der Waals surface area contributed by atoms with Crippen LogP contribution in [-0.2, 0) is 0 Å². The van der Waals surface area contributed by atoms with Gasteiger partial charge in [-0.2, -0.15) is 0 Å². The number of halogens is 1. The number of aromatic nitrogens is 3. The minimum atomic E-state index is -0.803. The van der Waals surface area contributed by atoms with Crippen LogP contribution in [0.2, 0.25) is 5.02 Å². The fourth-order valence-electron chi connectivity index (χ4n) is 4.69. The van der Waals surface area contributed by atoms with E-state index in [4.69, 9.17) is 31.5 Å². The highest BCUT2D eigenvalue weighted by Gasteiger charge is 2.29. The van der Waals surface area contributed by atoms with Gasteiger partial charge in [-0.05, 0) is 37.9 Å². The number of nitrogens with zero attached hydrogens (tertiary/aromatic N) is 4. The van der Waals surface area contributed by atoms with Crippen molar-refractivity contribution in [2.75, 3.05) is 40.0 Å². The van der Waals surface area contributed by atoms with Gasteiger partial charge in [-0.25, -0.2) is 4.98 Å². The Labute approximate surface area is 202 Å². The molecular weight excluding hydrogens is 458 g/mol. The van der Waals surface area contributed by atoms with Crippen molar-refractivity contribution in [3.8, 4) is 17.4 Å². The SMILES string of the molecule is COc1ccc2ncc(Cl)c(C(O)CN3CCC(C(N)c4cc5c(cn4)OCCO5)CC3)c2n1. The molecule has 9 nitrogen and oxygen atoms in total. The van der Waals surface area contributed by atoms with Crippen molar-refractivity contribution in [1.29, 1.82) is 0 Å². The van der Waals surface area contributed by atoms with Crippen LogP contribution in [0.1, 0.15) is 36.2 Å². The summed E-state index contributed by atoms with van der Waals surface area (Å²) in [7, 11) is 1.55. The zero-order valence-corrected chi connectivity index (χ0v) is 19.7. The molecule has 3 aromatic rings. The molecule has 2 atom stereocenters. The lowest BCUT2D eigenvalue weighted by Gasteiger charge is -2.35. The van der Waals surface area contributed by atoms with Gasteiger partial charge >= 0.3 is 0 Å². The molecule has 0 aromatic carbocycles. The average molecular weight is 486 g/mol. The third kappa shape index (κ3) is 4.61. The molecule has 2 aliphatic rings. The van der Waals surface area contributed by atoms with Crippen molar-refractivity contribution in [3.63, 3.8) is 0 Å². The molecule has 1 fully saturated rings. The lowest BCUT2D eigenvalue weighted by Crippen LogP contribution is -2.39. The molecule has 5 rings (SSSR count). The van der Waals surface area contributed by atoms with Crippen molar-refractivity contribution < 1.29 is 19.3 Å². The quantitative estimate of drug-likeness (QED) is 0.543. The highest BCUT2D eigenvalue weighted by Crippen LogP contribution is 2.35. The number of piperidine rings is 1. The minimum Gasteiger partial charge on any atom is -0.486 e. The highest BCUT2D eigenvalue weighted by molar-refractivity contribution is 6.32. The summed E-state index contributed by atoms with van der Waals surface area (Å²) in [5.41, 5.74) is 9.19. The number of aliphatic hydroxyl groups is 1. The van der Waals surface area contributed by atoms with Gasteiger partial charge in [-0.3, -0.25) is 9.97 Å². The lowest BCUT2D eigenvalue weighted by molar-refractivity contribution is 0.0855. The second-order valence-electron chi connectivity index (χ2n) is 8.67. The third-order valence-electron chi connectivity index (χ3n) is 6.58. The molecule has 180 valence electrons. The molecular formula is C24H28ClN5O4. The Kier molecular flexibility index (Phi) is 6.69. The fourth-order valence-corrected chi connectivity index (χ4v) is 4.96. The summed E-state index contributed by atoms with van der Waals surface area (Å²) in [5, 5.41) is 11.5. The summed E-state index contributed by atoms with van der Waals surface area (Å²) in [6, 6.07) is 5.27. The Balaban J connectivity index is 1.24. The topological polar surface area (TPSA) is 116 Å². The van der Waals surface area contributed by atoms with Gasteiger partial charge in [0.15, 0.2) is 11.5 Å². The number of likely N-dealkylation sites (tertiary alicyclic amines) is 1. The predicted octanol–water partition coefficient (Wildman–Crippen LogP) is 2.90. The summed E-state index contributed by atoms with van der Waals surface area (Å²) >= 11 is 6.43. The third-order valence-corrected chi connectivity index (χ3v) is 6.89. The van der Waals surface area contributed by atoms with E-state index in [9.17, 15) is 5.11 Å². The number of hydrogen-bond acceptors (Lipinski definition) is 9. The van der Waals surface area contributed by atoms with Crippen LogP contribution >= 0.6 is 11.6 Å². The number of nitrogens with two attached hydrogens (primary N) is 1. The summed E-state index contributed by atoms with van der Waals surface area (Å²) in [6.07, 6.45) is 4.26. The van der Waals surface area contributed by atoms with Crippen LogP contribution in [0.25, 0.3) is 11.0 Å². The zero-order valence-electron chi connectivity index (χ0n) is 19.0. The van der Waals surface area contributed by atoms with Crippen LogP contribution in [-0.4, -0.2) is 64.9 Å². The van der Waals surface area contributed by atoms with E-state index >= 15 is 0 Å². The molecule has 10 heteroatoms. The number of aliphatic hydroxyl groups excluding tert-OH is 1. The number of fused-ring (bicyclic) bond motifs is 2. The van der Waals surface area contributed by atoms with E-state index in [1.807, 2.05) is 12.1 Å². The zero-order chi connectivity index (χ0) is 23.7. The number of hydrogen-bond donors (Lipinski definition) is 2. The average Bonchev–Trinajstić information content (AvgIpc) is 2.87.